The molecule has 40 heavy (non-hydrogen) atoms. The lowest BCUT2D eigenvalue weighted by atomic mass is 9.93. The number of methoxy groups -OCH3 is 1. The molecule has 0 aliphatic carbocycles. The lowest BCUT2D eigenvalue weighted by Gasteiger charge is -2.34. The summed E-state index contributed by atoms with van der Waals surface area (Å²) in [6, 6.07) is 12.2. The number of aliphatic hydroxyl groups excluding tert-OH is 1. The van der Waals surface area contributed by atoms with Gasteiger partial charge in [0, 0.05) is 54.3 Å². The van der Waals surface area contributed by atoms with Gasteiger partial charge in [-0.1, -0.05) is 50.6 Å². The summed E-state index contributed by atoms with van der Waals surface area (Å²) in [5.74, 6) is -0.500. The molecule has 218 valence electrons. The number of benzene rings is 2. The van der Waals surface area contributed by atoms with Crippen LogP contribution in [-0.4, -0.2) is 61.1 Å². The summed E-state index contributed by atoms with van der Waals surface area (Å²) in [6.45, 7) is 9.36. The topological polar surface area (TPSA) is 96.4 Å². The fourth-order valence-corrected chi connectivity index (χ4v) is 5.18. The third-order valence-electron chi connectivity index (χ3n) is 6.89. The molecule has 2 aromatic rings. The van der Waals surface area contributed by atoms with Crippen LogP contribution in [0.4, 0.5) is 5.69 Å². The largest absolute Gasteiger partial charge is 0.496 e. The van der Waals surface area contributed by atoms with E-state index in [0.29, 0.717) is 66.7 Å². The molecule has 1 aliphatic rings. The molecule has 0 bridgehead atoms. The number of nitrogens with zero attached hydrogens (tertiary/aromatic N) is 2. The van der Waals surface area contributed by atoms with E-state index in [9.17, 15) is 19.5 Å². The van der Waals surface area contributed by atoms with E-state index in [4.69, 9.17) is 21.1 Å². The van der Waals surface area contributed by atoms with Crippen LogP contribution in [0.2, 0.25) is 5.02 Å². The molecule has 0 spiro atoms. The Morgan fingerprint density at radius 2 is 1.85 bits per heavy atom. The summed E-state index contributed by atoms with van der Waals surface area (Å²) >= 11 is 6.35. The minimum absolute atomic E-state index is 0.0116. The van der Waals surface area contributed by atoms with E-state index in [0.717, 1.165) is 0 Å². The highest BCUT2D eigenvalue weighted by Crippen LogP contribution is 2.38. The van der Waals surface area contributed by atoms with Gasteiger partial charge in [-0.15, -0.1) is 0 Å². The predicted octanol–water partition coefficient (Wildman–Crippen LogP) is 5.39. The van der Waals surface area contributed by atoms with Gasteiger partial charge in [0.25, 0.3) is 0 Å². The van der Waals surface area contributed by atoms with Gasteiger partial charge >= 0.3 is 5.97 Å². The van der Waals surface area contributed by atoms with Crippen LogP contribution in [0.5, 0.6) is 5.75 Å². The van der Waals surface area contributed by atoms with Crippen LogP contribution in [-0.2, 0) is 19.1 Å². The van der Waals surface area contributed by atoms with Crippen molar-refractivity contribution in [2.24, 2.45) is 11.3 Å². The Labute approximate surface area is 242 Å². The molecule has 2 amide bonds. The van der Waals surface area contributed by atoms with E-state index < -0.39 is 6.10 Å². The van der Waals surface area contributed by atoms with Crippen molar-refractivity contribution in [1.82, 2.24) is 4.90 Å². The van der Waals surface area contributed by atoms with Crippen molar-refractivity contribution in [2.45, 2.75) is 59.5 Å². The molecule has 8 nitrogen and oxygen atoms in total. The van der Waals surface area contributed by atoms with Crippen molar-refractivity contribution in [1.29, 1.82) is 0 Å². The van der Waals surface area contributed by atoms with Crippen LogP contribution in [0.1, 0.15) is 70.6 Å². The third kappa shape index (κ3) is 8.21. The van der Waals surface area contributed by atoms with Crippen LogP contribution >= 0.6 is 11.6 Å². The van der Waals surface area contributed by atoms with Crippen molar-refractivity contribution < 1.29 is 29.0 Å². The summed E-state index contributed by atoms with van der Waals surface area (Å²) in [5, 5.41) is 11.9. The number of halogens is 1. The van der Waals surface area contributed by atoms with Gasteiger partial charge < -0.3 is 24.4 Å². The zero-order valence-electron chi connectivity index (χ0n) is 24.1. The Morgan fingerprint density at radius 1 is 1.12 bits per heavy atom. The SMILES string of the molecule is CCOC(=O)C1CCCN(C(=O)CCC(=O)N(CC(C)(C)C)c2ccc(Cl)cc2C(O)c2ccccc2OC)C1. The molecule has 1 fully saturated rings. The molecular formula is C31H41ClN2O6. The van der Waals surface area contributed by atoms with Gasteiger partial charge in [-0.05, 0) is 49.4 Å². The zero-order chi connectivity index (χ0) is 29.4. The summed E-state index contributed by atoms with van der Waals surface area (Å²) < 4.78 is 10.6. The Hall–Kier alpha value is -3.10. The number of hydrogen-bond donors (Lipinski definition) is 1. The van der Waals surface area contributed by atoms with E-state index in [1.807, 2.05) is 32.9 Å². The first-order chi connectivity index (χ1) is 18.9. The minimum Gasteiger partial charge on any atom is -0.496 e. The fourth-order valence-electron chi connectivity index (χ4n) is 5.00. The number of esters is 1. The normalized spacial score (nSPS) is 16.3. The average Bonchev–Trinajstić information content (AvgIpc) is 2.93. The second kappa shape index (κ2) is 14.0. The van der Waals surface area contributed by atoms with Gasteiger partial charge in [0.1, 0.15) is 11.9 Å². The number of ether oxygens (including phenoxy) is 2. The van der Waals surface area contributed by atoms with Gasteiger partial charge in [0.15, 0.2) is 0 Å². The molecular weight excluding hydrogens is 532 g/mol. The smallest absolute Gasteiger partial charge is 0.310 e. The molecule has 2 aromatic carbocycles. The number of piperidine rings is 1. The highest BCUT2D eigenvalue weighted by Gasteiger charge is 2.31. The van der Waals surface area contributed by atoms with Gasteiger partial charge in [-0.3, -0.25) is 14.4 Å². The molecule has 9 heteroatoms. The van der Waals surface area contributed by atoms with Crippen molar-refractivity contribution in [3.8, 4) is 5.75 Å². The number of carbonyl (C=O) groups is 3. The molecule has 2 atom stereocenters. The van der Waals surface area contributed by atoms with E-state index in [-0.39, 0.29) is 42.0 Å². The number of likely N-dealkylation sites (tertiary alicyclic amines) is 1. The number of anilines is 1. The van der Waals surface area contributed by atoms with Crippen LogP contribution in [0, 0.1) is 11.3 Å². The fraction of sp³-hybridized carbons (Fsp3) is 0.516. The van der Waals surface area contributed by atoms with Gasteiger partial charge in [-0.2, -0.15) is 0 Å². The maximum atomic E-state index is 13.7. The van der Waals surface area contributed by atoms with Crippen LogP contribution in [0.3, 0.4) is 0 Å². The van der Waals surface area contributed by atoms with E-state index in [2.05, 4.69) is 0 Å². The quantitative estimate of drug-likeness (QED) is 0.383. The molecule has 1 saturated heterocycles. The zero-order valence-corrected chi connectivity index (χ0v) is 24.9. The minimum atomic E-state index is -1.10. The third-order valence-corrected chi connectivity index (χ3v) is 7.12. The summed E-state index contributed by atoms with van der Waals surface area (Å²) in [6.07, 6.45) is 0.313. The molecule has 0 radical (unpaired) electrons. The molecule has 1 N–H and O–H groups in total. The van der Waals surface area contributed by atoms with Gasteiger partial charge in [0.2, 0.25) is 11.8 Å². The van der Waals surface area contributed by atoms with Crippen LogP contribution in [0.25, 0.3) is 0 Å². The standard InChI is InChI=1S/C31H41ClN2O6/c1-6-40-30(38)21-10-9-17-33(19-21)27(35)15-16-28(36)34(20-31(2,3)4)25-14-13-22(32)18-24(25)29(37)23-11-7-8-12-26(23)39-5/h7-8,11-14,18,21,29,37H,6,9-10,15-17,19-20H2,1-5H3. The van der Waals surface area contributed by atoms with Gasteiger partial charge in [0.05, 0.1) is 19.6 Å². The van der Waals surface area contributed by atoms with Crippen molar-refractivity contribution >= 4 is 35.1 Å². The Bertz CT molecular complexity index is 1190. The predicted molar refractivity (Wildman–Crippen MR) is 155 cm³/mol. The highest BCUT2D eigenvalue weighted by atomic mass is 35.5. The number of para-hydroxylation sites is 1. The maximum absolute atomic E-state index is 13.7. The molecule has 1 heterocycles. The first-order valence-corrected chi connectivity index (χ1v) is 14.2. The molecule has 2 unspecified atom stereocenters. The summed E-state index contributed by atoms with van der Waals surface area (Å²) in [7, 11) is 1.54. The average molecular weight is 573 g/mol. The second-order valence-electron chi connectivity index (χ2n) is 11.3. The summed E-state index contributed by atoms with van der Waals surface area (Å²) in [5.41, 5.74) is 1.27. The molecule has 3 rings (SSSR count). The monoisotopic (exact) mass is 572 g/mol. The van der Waals surface area contributed by atoms with Gasteiger partial charge in [-0.25, -0.2) is 0 Å². The van der Waals surface area contributed by atoms with Crippen molar-refractivity contribution in [3.63, 3.8) is 0 Å². The van der Waals surface area contributed by atoms with E-state index in [1.54, 1.807) is 47.1 Å². The highest BCUT2D eigenvalue weighted by molar-refractivity contribution is 6.30. The number of hydrogen-bond acceptors (Lipinski definition) is 6. The number of rotatable bonds is 10. The number of carbonyl (C=O) groups excluding carboxylic acids is 3. The first kappa shape index (κ1) is 31.4. The molecule has 0 aromatic heterocycles. The van der Waals surface area contributed by atoms with Crippen LogP contribution < -0.4 is 9.64 Å². The Balaban J connectivity index is 1.84. The van der Waals surface area contributed by atoms with E-state index >= 15 is 0 Å². The first-order valence-electron chi connectivity index (χ1n) is 13.8. The van der Waals surface area contributed by atoms with Crippen molar-refractivity contribution in [3.05, 3.63) is 58.6 Å². The van der Waals surface area contributed by atoms with Crippen molar-refractivity contribution in [2.75, 3.05) is 38.3 Å². The maximum Gasteiger partial charge on any atom is 0.310 e. The Morgan fingerprint density at radius 3 is 2.52 bits per heavy atom. The second-order valence-corrected chi connectivity index (χ2v) is 11.8. The lowest BCUT2D eigenvalue weighted by Crippen LogP contribution is -2.43. The molecule has 0 saturated carbocycles. The van der Waals surface area contributed by atoms with Crippen LogP contribution in [0.15, 0.2) is 42.5 Å². The molecule has 1 aliphatic heterocycles. The van der Waals surface area contributed by atoms with E-state index in [1.165, 1.54) is 7.11 Å². The summed E-state index contributed by atoms with van der Waals surface area (Å²) in [4.78, 5) is 42.3. The Kier molecular flexibility index (Phi) is 11.0. The number of amides is 2. The number of aliphatic hydroxyl groups is 1. The lowest BCUT2D eigenvalue weighted by molar-refractivity contribution is -0.151.